The summed E-state index contributed by atoms with van der Waals surface area (Å²) in [6.07, 6.45) is 4.67. The molecule has 0 radical (unpaired) electrons. The number of ether oxygens (including phenoxy) is 1. The van der Waals surface area contributed by atoms with E-state index in [4.69, 9.17) is 10.5 Å². The lowest BCUT2D eigenvalue weighted by Gasteiger charge is -2.46. The minimum absolute atomic E-state index is 0.0481. The third-order valence-corrected chi connectivity index (χ3v) is 5.53. The molecular formula is C14H23NO2. The molecule has 0 bridgehead atoms. The van der Waals surface area contributed by atoms with Crippen LogP contribution in [0.1, 0.15) is 39.5 Å². The second-order valence-electron chi connectivity index (χ2n) is 6.42. The molecular weight excluding hydrogens is 214 g/mol. The van der Waals surface area contributed by atoms with Gasteiger partial charge in [-0.05, 0) is 50.4 Å². The average molecular weight is 237 g/mol. The molecule has 0 amide bonds. The molecule has 17 heavy (non-hydrogen) atoms. The SMILES string of the molecule is C[C@H]1[C@@H]2CC[C@@H](N)C[C@H]2C[C@H]2C(=O)O[C@H](C)[C@@H]12. The molecule has 3 aliphatic rings. The largest absolute Gasteiger partial charge is 0.462 e. The molecule has 0 aromatic rings. The molecule has 2 saturated carbocycles. The van der Waals surface area contributed by atoms with E-state index in [-0.39, 0.29) is 18.0 Å². The van der Waals surface area contributed by atoms with Crippen molar-refractivity contribution in [1.29, 1.82) is 0 Å². The molecule has 3 heteroatoms. The van der Waals surface area contributed by atoms with Crippen molar-refractivity contribution < 1.29 is 9.53 Å². The van der Waals surface area contributed by atoms with E-state index in [2.05, 4.69) is 13.8 Å². The van der Waals surface area contributed by atoms with Crippen LogP contribution in [0.25, 0.3) is 0 Å². The zero-order valence-electron chi connectivity index (χ0n) is 10.8. The lowest BCUT2D eigenvalue weighted by atomic mass is 9.57. The highest BCUT2D eigenvalue weighted by molar-refractivity contribution is 5.75. The summed E-state index contributed by atoms with van der Waals surface area (Å²) in [5.74, 6) is 2.71. The quantitative estimate of drug-likeness (QED) is 0.655. The first-order valence-electron chi connectivity index (χ1n) is 7.04. The number of hydrogen-bond acceptors (Lipinski definition) is 3. The van der Waals surface area contributed by atoms with Crippen LogP contribution in [0.4, 0.5) is 0 Å². The van der Waals surface area contributed by atoms with E-state index >= 15 is 0 Å². The Morgan fingerprint density at radius 3 is 2.76 bits per heavy atom. The number of carbonyl (C=O) groups excluding carboxylic acids is 1. The van der Waals surface area contributed by atoms with Crippen LogP contribution in [-0.4, -0.2) is 18.1 Å². The Hall–Kier alpha value is -0.570. The van der Waals surface area contributed by atoms with Crippen molar-refractivity contribution in [1.82, 2.24) is 0 Å². The van der Waals surface area contributed by atoms with Crippen molar-refractivity contribution in [3.63, 3.8) is 0 Å². The standard InChI is InChI=1S/C14H23NO2/c1-7-11-4-3-10(15)5-9(11)6-12-13(7)8(2)17-14(12)16/h7-13H,3-6,15H2,1-2H3/t7-,8+,9-,10+,11-,12+,13+/m0/s1. The monoisotopic (exact) mass is 237 g/mol. The first-order chi connectivity index (χ1) is 8.08. The number of hydrogen-bond donors (Lipinski definition) is 1. The highest BCUT2D eigenvalue weighted by atomic mass is 16.6. The van der Waals surface area contributed by atoms with Crippen LogP contribution < -0.4 is 5.73 Å². The van der Waals surface area contributed by atoms with Crippen LogP contribution in [-0.2, 0) is 9.53 Å². The maximum Gasteiger partial charge on any atom is 0.309 e. The molecule has 1 heterocycles. The third kappa shape index (κ3) is 1.70. The number of fused-ring (bicyclic) bond motifs is 2. The molecule has 1 saturated heterocycles. The summed E-state index contributed by atoms with van der Waals surface area (Å²) in [6, 6.07) is 0.356. The molecule has 0 aromatic heterocycles. The van der Waals surface area contributed by atoms with Crippen molar-refractivity contribution in [3.05, 3.63) is 0 Å². The minimum Gasteiger partial charge on any atom is -0.462 e. The van der Waals surface area contributed by atoms with E-state index in [1.807, 2.05) is 0 Å². The predicted molar refractivity (Wildman–Crippen MR) is 65.1 cm³/mol. The second-order valence-corrected chi connectivity index (χ2v) is 6.42. The Kier molecular flexibility index (Phi) is 2.69. The fraction of sp³-hybridized carbons (Fsp3) is 0.929. The Bertz CT molecular complexity index is 330. The van der Waals surface area contributed by atoms with Gasteiger partial charge in [-0.3, -0.25) is 4.79 Å². The van der Waals surface area contributed by atoms with Crippen LogP contribution in [0.5, 0.6) is 0 Å². The lowest BCUT2D eigenvalue weighted by molar-refractivity contribution is -0.144. The van der Waals surface area contributed by atoms with Gasteiger partial charge in [-0.15, -0.1) is 0 Å². The number of esters is 1. The zero-order valence-corrected chi connectivity index (χ0v) is 10.8. The van der Waals surface area contributed by atoms with Crippen molar-refractivity contribution >= 4 is 5.97 Å². The van der Waals surface area contributed by atoms with E-state index in [0.29, 0.717) is 23.8 Å². The van der Waals surface area contributed by atoms with Gasteiger partial charge in [0.05, 0.1) is 5.92 Å². The molecule has 96 valence electrons. The van der Waals surface area contributed by atoms with Crippen LogP contribution in [0.15, 0.2) is 0 Å². The first-order valence-corrected chi connectivity index (χ1v) is 7.04. The van der Waals surface area contributed by atoms with E-state index < -0.39 is 0 Å². The summed E-state index contributed by atoms with van der Waals surface area (Å²) >= 11 is 0. The summed E-state index contributed by atoms with van der Waals surface area (Å²) in [5.41, 5.74) is 6.07. The maximum atomic E-state index is 11.9. The summed E-state index contributed by atoms with van der Waals surface area (Å²) in [6.45, 7) is 4.39. The van der Waals surface area contributed by atoms with Crippen LogP contribution in [0.2, 0.25) is 0 Å². The summed E-state index contributed by atoms with van der Waals surface area (Å²) in [7, 11) is 0. The molecule has 3 rings (SSSR count). The number of nitrogens with two attached hydrogens (primary N) is 1. The first kappa shape index (κ1) is 11.5. The third-order valence-electron chi connectivity index (χ3n) is 5.53. The van der Waals surface area contributed by atoms with E-state index in [1.165, 1.54) is 6.42 Å². The predicted octanol–water partition coefficient (Wildman–Crippen LogP) is 1.95. The van der Waals surface area contributed by atoms with Gasteiger partial charge in [-0.25, -0.2) is 0 Å². The summed E-state index contributed by atoms with van der Waals surface area (Å²) < 4.78 is 5.44. The Morgan fingerprint density at radius 2 is 2.00 bits per heavy atom. The lowest BCUT2D eigenvalue weighted by Crippen LogP contribution is -2.45. The van der Waals surface area contributed by atoms with Crippen molar-refractivity contribution in [2.45, 2.75) is 51.7 Å². The van der Waals surface area contributed by atoms with E-state index in [9.17, 15) is 4.79 Å². The molecule has 0 spiro atoms. The number of carbonyl (C=O) groups is 1. The highest BCUT2D eigenvalue weighted by Crippen LogP contribution is 2.52. The van der Waals surface area contributed by atoms with Crippen LogP contribution in [0.3, 0.4) is 0 Å². The number of cyclic esters (lactones) is 1. The molecule has 2 N–H and O–H groups in total. The molecule has 1 aliphatic heterocycles. The van der Waals surface area contributed by atoms with E-state index in [0.717, 1.165) is 25.2 Å². The molecule has 2 aliphatic carbocycles. The smallest absolute Gasteiger partial charge is 0.309 e. The zero-order chi connectivity index (χ0) is 12.2. The van der Waals surface area contributed by atoms with Gasteiger partial charge in [0.1, 0.15) is 6.10 Å². The van der Waals surface area contributed by atoms with Gasteiger partial charge in [0.2, 0.25) is 0 Å². The Balaban J connectivity index is 1.84. The molecule has 0 unspecified atom stereocenters. The number of rotatable bonds is 0. The molecule has 7 atom stereocenters. The molecule has 3 nitrogen and oxygen atoms in total. The van der Waals surface area contributed by atoms with Crippen molar-refractivity contribution in [2.24, 2.45) is 35.3 Å². The summed E-state index contributed by atoms with van der Waals surface area (Å²) in [5, 5.41) is 0. The van der Waals surface area contributed by atoms with Crippen molar-refractivity contribution in [3.8, 4) is 0 Å². The Labute approximate surface area is 103 Å². The average Bonchev–Trinajstić information content (AvgIpc) is 2.54. The normalized spacial score (nSPS) is 53.8. The van der Waals surface area contributed by atoms with Crippen molar-refractivity contribution in [2.75, 3.05) is 0 Å². The van der Waals surface area contributed by atoms with Gasteiger partial charge in [0, 0.05) is 12.0 Å². The van der Waals surface area contributed by atoms with Crippen LogP contribution in [0, 0.1) is 29.6 Å². The second kappa shape index (κ2) is 3.98. The summed E-state index contributed by atoms with van der Waals surface area (Å²) in [4.78, 5) is 11.9. The van der Waals surface area contributed by atoms with Gasteiger partial charge in [0.15, 0.2) is 0 Å². The van der Waals surface area contributed by atoms with Gasteiger partial charge >= 0.3 is 5.97 Å². The van der Waals surface area contributed by atoms with E-state index in [1.54, 1.807) is 0 Å². The molecule has 0 aromatic carbocycles. The minimum atomic E-state index is 0.0481. The fourth-order valence-electron chi connectivity index (χ4n) is 4.78. The highest BCUT2D eigenvalue weighted by Gasteiger charge is 2.53. The van der Waals surface area contributed by atoms with Gasteiger partial charge in [-0.1, -0.05) is 6.92 Å². The maximum absolute atomic E-state index is 11.9. The van der Waals surface area contributed by atoms with Gasteiger partial charge in [0.25, 0.3) is 0 Å². The van der Waals surface area contributed by atoms with Crippen LogP contribution >= 0.6 is 0 Å². The fourth-order valence-corrected chi connectivity index (χ4v) is 4.78. The topological polar surface area (TPSA) is 52.3 Å². The Morgan fingerprint density at radius 1 is 1.24 bits per heavy atom. The van der Waals surface area contributed by atoms with Gasteiger partial charge < -0.3 is 10.5 Å². The van der Waals surface area contributed by atoms with Gasteiger partial charge in [-0.2, -0.15) is 0 Å². The molecule has 3 fully saturated rings.